The Morgan fingerprint density at radius 3 is 0.419 bits per heavy atom. The summed E-state index contributed by atoms with van der Waals surface area (Å²) in [6.07, 6.45) is 0. The van der Waals surface area contributed by atoms with Gasteiger partial charge in [-0.25, -0.2) is 0 Å². The standard InChI is InChI=1S/C86H90/c1-79(2,3)71-43-29-25-26-30-44(43)72(80(4,5)6)64-48-34-38-52-61-51(37-33-47(59(48)61)63(64)71)67-68(52)76(84(16,17)18)56-42-58-57(41-55(56)75(67)83(13,14)15)77(85(19,20)21)69-53-39-35-49-60-50(36-40-54(62(53)60)70(69)78(58)86(22,23)24)66-65(49)73(81(7,8)9)45-31-27-28-32-46(45)74(66)82(10,11)12/h25-42H,1-24H3. The summed E-state index contributed by atoms with van der Waals surface area (Å²) in [6.45, 7) is 59.1. The molecule has 11 aromatic carbocycles. The molecule has 4 aliphatic rings. The zero-order valence-corrected chi connectivity index (χ0v) is 56.4. The van der Waals surface area contributed by atoms with Crippen molar-refractivity contribution in [2.45, 2.75) is 209 Å². The quantitative estimate of drug-likeness (QED) is 0.133. The summed E-state index contributed by atoms with van der Waals surface area (Å²) >= 11 is 0. The molecule has 0 heteroatoms. The van der Waals surface area contributed by atoms with Crippen LogP contribution in [0.15, 0.2) is 109 Å². The van der Waals surface area contributed by atoms with E-state index in [1.807, 2.05) is 0 Å². The zero-order valence-electron chi connectivity index (χ0n) is 56.4. The molecule has 0 radical (unpaired) electrons. The highest BCUT2D eigenvalue weighted by Crippen LogP contribution is 2.67. The van der Waals surface area contributed by atoms with Crippen LogP contribution in [-0.2, 0) is 43.3 Å². The van der Waals surface area contributed by atoms with Crippen molar-refractivity contribution in [3.63, 3.8) is 0 Å². The minimum atomic E-state index is -0.199. The lowest BCUT2D eigenvalue weighted by Crippen LogP contribution is -2.21. The van der Waals surface area contributed by atoms with E-state index in [0.717, 1.165) is 0 Å². The summed E-state index contributed by atoms with van der Waals surface area (Å²) in [4.78, 5) is 0. The molecule has 0 spiro atoms. The number of hydrogen-bond donors (Lipinski definition) is 0. The Labute approximate surface area is 513 Å². The molecule has 0 saturated heterocycles. The lowest BCUT2D eigenvalue weighted by Gasteiger charge is -2.35. The van der Waals surface area contributed by atoms with Gasteiger partial charge in [0, 0.05) is 0 Å². The Bertz CT molecular complexity index is 4380. The normalized spacial score (nSPS) is 14.5. The average Bonchev–Trinajstić information content (AvgIpc) is 1.50. The van der Waals surface area contributed by atoms with Gasteiger partial charge in [-0.05, 0) is 254 Å². The summed E-state index contributed by atoms with van der Waals surface area (Å²) in [5.74, 6) is 0. The first-order chi connectivity index (χ1) is 39.8. The third-order valence-electron chi connectivity index (χ3n) is 20.6. The molecule has 0 heterocycles. The predicted molar refractivity (Wildman–Crippen MR) is 379 cm³/mol. The van der Waals surface area contributed by atoms with E-state index in [-0.39, 0.29) is 43.3 Å². The minimum absolute atomic E-state index is 0.0847. The molecule has 0 fully saturated rings. The molecule has 0 saturated carbocycles. The molecule has 434 valence electrons. The fraction of sp³-hybridized carbons (Fsp3) is 0.372. The van der Waals surface area contributed by atoms with Crippen LogP contribution in [0.2, 0.25) is 0 Å². The molecular formula is C86H90. The number of fused-ring (bicyclic) bond motifs is 16. The van der Waals surface area contributed by atoms with Crippen LogP contribution in [0.3, 0.4) is 0 Å². The first-order valence-electron chi connectivity index (χ1n) is 32.5. The van der Waals surface area contributed by atoms with Crippen molar-refractivity contribution < 1.29 is 0 Å². The maximum atomic E-state index is 2.74. The van der Waals surface area contributed by atoms with Crippen LogP contribution in [0.1, 0.15) is 211 Å². The van der Waals surface area contributed by atoms with E-state index in [2.05, 4.69) is 275 Å². The Balaban J connectivity index is 1.09. The van der Waals surface area contributed by atoms with Gasteiger partial charge in [-0.15, -0.1) is 0 Å². The summed E-state index contributed by atoms with van der Waals surface area (Å²) in [7, 11) is 0. The van der Waals surface area contributed by atoms with E-state index in [0.29, 0.717) is 0 Å². The van der Waals surface area contributed by atoms with Crippen LogP contribution in [0, 0.1) is 0 Å². The van der Waals surface area contributed by atoms with Gasteiger partial charge in [-0.1, -0.05) is 263 Å². The average molecular weight is 1120 g/mol. The maximum Gasteiger partial charge on any atom is -0.00137 e. The van der Waals surface area contributed by atoms with Gasteiger partial charge in [0.15, 0.2) is 0 Å². The Kier molecular flexibility index (Phi) is 10.7. The van der Waals surface area contributed by atoms with Gasteiger partial charge >= 0.3 is 0 Å². The first-order valence-corrected chi connectivity index (χ1v) is 32.5. The van der Waals surface area contributed by atoms with E-state index >= 15 is 0 Å². The zero-order chi connectivity index (χ0) is 61.5. The second-order valence-electron chi connectivity index (χ2n) is 35.2. The third-order valence-corrected chi connectivity index (χ3v) is 20.6. The Morgan fingerprint density at radius 2 is 0.291 bits per heavy atom. The Morgan fingerprint density at radius 1 is 0.163 bits per heavy atom. The summed E-state index contributed by atoms with van der Waals surface area (Å²) in [5, 5.41) is 16.9. The predicted octanol–water partition coefficient (Wildman–Crippen LogP) is 25.6. The molecule has 0 nitrogen and oxygen atoms in total. The first kappa shape index (κ1) is 55.6. The molecule has 0 N–H and O–H groups in total. The van der Waals surface area contributed by atoms with Crippen LogP contribution in [0.4, 0.5) is 0 Å². The monoisotopic (exact) mass is 1120 g/mol. The largest absolute Gasteiger partial charge is 0.0616 e. The molecule has 4 aliphatic carbocycles. The molecule has 0 aromatic heterocycles. The van der Waals surface area contributed by atoms with Crippen LogP contribution >= 0.6 is 0 Å². The van der Waals surface area contributed by atoms with Crippen LogP contribution < -0.4 is 0 Å². The van der Waals surface area contributed by atoms with Crippen molar-refractivity contribution in [1.82, 2.24) is 0 Å². The highest BCUT2D eigenvalue weighted by atomic mass is 14.5. The number of rotatable bonds is 0. The fourth-order valence-electron chi connectivity index (χ4n) is 18.4. The number of hydrogen-bond acceptors (Lipinski definition) is 0. The van der Waals surface area contributed by atoms with Crippen molar-refractivity contribution in [2.75, 3.05) is 0 Å². The molecule has 0 amide bonds. The molecule has 15 rings (SSSR count). The van der Waals surface area contributed by atoms with Crippen molar-refractivity contribution in [1.29, 1.82) is 0 Å². The molecule has 0 bridgehead atoms. The van der Waals surface area contributed by atoms with E-state index in [1.165, 1.54) is 198 Å². The van der Waals surface area contributed by atoms with Gasteiger partial charge in [-0.3, -0.25) is 0 Å². The SMILES string of the molecule is CC(C)(C)c1c2c(c(C(C)(C)C)c3ccccc13)-c1ccc3c4c(ccc-2c14)-c1c-3c(C(C)(C)C)c2cc3c(C(C)(C)C)c4c(c(C(C)(C)C)c3cc2c1C(C)(C)C)-c1ccc2c3c(ccc-4c13)-c1c-2c(C(C)(C)C)c2ccccc2c1C(C)(C)C. The lowest BCUT2D eigenvalue weighted by molar-refractivity contribution is 0.586. The smallest absolute Gasteiger partial charge is 0.00137 e. The van der Waals surface area contributed by atoms with Crippen LogP contribution in [-0.4, -0.2) is 0 Å². The van der Waals surface area contributed by atoms with Gasteiger partial charge in [0.05, 0.1) is 0 Å². The molecule has 86 heavy (non-hydrogen) atoms. The molecule has 11 aromatic rings. The van der Waals surface area contributed by atoms with Gasteiger partial charge < -0.3 is 0 Å². The van der Waals surface area contributed by atoms with Crippen molar-refractivity contribution >= 4 is 64.6 Å². The van der Waals surface area contributed by atoms with Crippen LogP contribution in [0.25, 0.3) is 154 Å². The fourth-order valence-corrected chi connectivity index (χ4v) is 18.4. The molecule has 0 unspecified atom stereocenters. The van der Waals surface area contributed by atoms with Gasteiger partial charge in [0.2, 0.25) is 0 Å². The third kappa shape index (κ3) is 7.06. The lowest BCUT2D eigenvalue weighted by atomic mass is 9.68. The second-order valence-corrected chi connectivity index (χ2v) is 35.2. The van der Waals surface area contributed by atoms with E-state index in [4.69, 9.17) is 0 Å². The molecule has 0 atom stereocenters. The van der Waals surface area contributed by atoms with Gasteiger partial charge in [-0.2, -0.15) is 0 Å². The molecule has 0 aliphatic heterocycles. The second kappa shape index (κ2) is 16.6. The highest BCUT2D eigenvalue weighted by Gasteiger charge is 2.45. The van der Waals surface area contributed by atoms with Gasteiger partial charge in [0.1, 0.15) is 0 Å². The van der Waals surface area contributed by atoms with E-state index in [1.54, 1.807) is 0 Å². The summed E-state index contributed by atoms with van der Waals surface area (Å²) < 4.78 is 0. The topological polar surface area (TPSA) is 0 Å². The van der Waals surface area contributed by atoms with E-state index in [9.17, 15) is 0 Å². The number of benzene rings is 11. The maximum absolute atomic E-state index is 2.74. The Hall–Kier alpha value is -7.02. The van der Waals surface area contributed by atoms with Crippen molar-refractivity contribution in [3.8, 4) is 89.0 Å². The van der Waals surface area contributed by atoms with E-state index < -0.39 is 0 Å². The summed E-state index contributed by atoms with van der Waals surface area (Å²) in [6, 6.07) is 44.6. The molecular weight excluding hydrogens is 1030 g/mol. The summed E-state index contributed by atoms with van der Waals surface area (Å²) in [5.41, 5.74) is 33.4. The van der Waals surface area contributed by atoms with Gasteiger partial charge in [0.25, 0.3) is 0 Å². The van der Waals surface area contributed by atoms with Crippen molar-refractivity contribution in [2.24, 2.45) is 0 Å². The van der Waals surface area contributed by atoms with Crippen molar-refractivity contribution in [3.05, 3.63) is 154 Å². The van der Waals surface area contributed by atoms with Crippen LogP contribution in [0.5, 0.6) is 0 Å². The minimum Gasteiger partial charge on any atom is -0.0616 e. The highest BCUT2D eigenvalue weighted by molar-refractivity contribution is 6.33.